The Hall–Kier alpha value is -2.87. The Bertz CT molecular complexity index is 836. The first-order valence-corrected chi connectivity index (χ1v) is 7.36. The minimum Gasteiger partial charge on any atom is -0.300 e. The fraction of sp³-hybridized carbons (Fsp3) is 0.0500. The number of imidazole rings is 1. The molecule has 0 unspecified atom stereocenters. The lowest BCUT2D eigenvalue weighted by atomic mass is 10.0. The molecule has 0 spiro atoms. The third-order valence-corrected chi connectivity index (χ3v) is 3.48. The number of nitrogens with zero attached hydrogens (tertiary/aromatic N) is 2. The second-order valence-corrected chi connectivity index (χ2v) is 4.99. The third-order valence-electron chi connectivity index (χ3n) is 3.48. The van der Waals surface area contributed by atoms with Gasteiger partial charge in [0, 0.05) is 5.69 Å². The second-order valence-electron chi connectivity index (χ2n) is 4.99. The van der Waals surface area contributed by atoms with Crippen molar-refractivity contribution in [3.63, 3.8) is 0 Å². The van der Waals surface area contributed by atoms with E-state index in [2.05, 4.69) is 76.2 Å². The van der Waals surface area contributed by atoms with Crippen molar-refractivity contribution in [2.24, 2.45) is 0 Å². The van der Waals surface area contributed by atoms with E-state index < -0.39 is 0 Å². The largest absolute Gasteiger partial charge is 0.300 e. The van der Waals surface area contributed by atoms with Crippen LogP contribution >= 0.6 is 0 Å². The van der Waals surface area contributed by atoms with Crippen molar-refractivity contribution in [2.75, 3.05) is 0 Å². The Morgan fingerprint density at radius 1 is 1.05 bits per heavy atom. The lowest BCUT2D eigenvalue weighted by molar-refractivity contribution is 1.13. The molecule has 3 rings (SSSR count). The van der Waals surface area contributed by atoms with E-state index in [-0.39, 0.29) is 0 Å². The summed E-state index contributed by atoms with van der Waals surface area (Å²) >= 11 is 0. The summed E-state index contributed by atoms with van der Waals surface area (Å²) in [6.07, 6.45) is 14.2. The molecule has 0 atom stereocenters. The lowest BCUT2D eigenvalue weighted by Crippen LogP contribution is -1.87. The summed E-state index contributed by atoms with van der Waals surface area (Å²) in [6, 6.07) is 16.6. The van der Waals surface area contributed by atoms with E-state index >= 15 is 0 Å². The first-order valence-electron chi connectivity index (χ1n) is 7.36. The molecule has 2 aromatic heterocycles. The second kappa shape index (κ2) is 6.72. The van der Waals surface area contributed by atoms with Gasteiger partial charge < -0.3 is 0 Å². The molecular weight excluding hydrogens is 268 g/mol. The highest BCUT2D eigenvalue weighted by Crippen LogP contribution is 2.16. The minimum absolute atomic E-state index is 1.10. The number of fused-ring (bicyclic) bond motifs is 1. The van der Waals surface area contributed by atoms with E-state index in [1.165, 1.54) is 11.1 Å². The minimum atomic E-state index is 1.10. The first kappa shape index (κ1) is 14.1. The number of hydrogen-bond donors (Lipinski definition) is 0. The zero-order valence-electron chi connectivity index (χ0n) is 12.6. The molecule has 0 saturated carbocycles. The number of aromatic nitrogens is 2. The van der Waals surface area contributed by atoms with Crippen molar-refractivity contribution in [3.8, 4) is 0 Å². The predicted octanol–water partition coefficient (Wildman–Crippen LogP) is 5.01. The van der Waals surface area contributed by atoms with Gasteiger partial charge in [-0.05, 0) is 36.3 Å². The molecule has 22 heavy (non-hydrogen) atoms. The number of hydrogen-bond acceptors (Lipinski definition) is 1. The van der Waals surface area contributed by atoms with Crippen molar-refractivity contribution in [2.45, 2.75) is 6.92 Å². The van der Waals surface area contributed by atoms with E-state index in [9.17, 15) is 0 Å². The first-order chi connectivity index (χ1) is 10.9. The fourth-order valence-corrected chi connectivity index (χ4v) is 2.41. The molecule has 2 heteroatoms. The van der Waals surface area contributed by atoms with Crippen LogP contribution in [0.2, 0.25) is 0 Å². The van der Waals surface area contributed by atoms with Crippen LogP contribution in [0.4, 0.5) is 0 Å². The van der Waals surface area contributed by atoms with Gasteiger partial charge in [-0.15, -0.1) is 0 Å². The number of pyridine rings is 1. The molecule has 0 saturated heterocycles. The van der Waals surface area contributed by atoms with Crippen molar-refractivity contribution >= 4 is 17.2 Å². The summed E-state index contributed by atoms with van der Waals surface area (Å²) < 4.78 is 2.07. The van der Waals surface area contributed by atoms with E-state index in [1.807, 2.05) is 31.6 Å². The molecule has 0 amide bonds. The average Bonchev–Trinajstić information content (AvgIpc) is 3.04. The van der Waals surface area contributed by atoms with Gasteiger partial charge in [-0.3, -0.25) is 4.40 Å². The molecule has 2 heterocycles. The molecule has 0 aliphatic carbocycles. The topological polar surface area (TPSA) is 17.3 Å². The summed E-state index contributed by atoms with van der Waals surface area (Å²) in [5.74, 6) is 0. The summed E-state index contributed by atoms with van der Waals surface area (Å²) in [5.41, 5.74) is 4.62. The van der Waals surface area contributed by atoms with Crippen LogP contribution in [0.5, 0.6) is 0 Å². The summed E-state index contributed by atoms with van der Waals surface area (Å²) in [7, 11) is 0. The lowest BCUT2D eigenvalue weighted by Gasteiger charge is -2.01. The zero-order valence-corrected chi connectivity index (χ0v) is 12.6. The smallest absolute Gasteiger partial charge is 0.0996 e. The van der Waals surface area contributed by atoms with Crippen molar-refractivity contribution < 1.29 is 0 Å². The van der Waals surface area contributed by atoms with Gasteiger partial charge in [0.2, 0.25) is 0 Å². The van der Waals surface area contributed by atoms with E-state index in [0.717, 1.165) is 11.2 Å². The van der Waals surface area contributed by atoms with Crippen LogP contribution in [0.15, 0.2) is 85.4 Å². The maximum Gasteiger partial charge on any atom is 0.0996 e. The van der Waals surface area contributed by atoms with Crippen LogP contribution in [-0.2, 0) is 0 Å². The van der Waals surface area contributed by atoms with Crippen LogP contribution in [0.25, 0.3) is 17.2 Å². The van der Waals surface area contributed by atoms with E-state index in [0.29, 0.717) is 0 Å². The van der Waals surface area contributed by atoms with Gasteiger partial charge in [-0.25, -0.2) is 4.98 Å². The number of allylic oxidation sites excluding steroid dienone is 5. The Balaban J connectivity index is 1.92. The van der Waals surface area contributed by atoms with Crippen molar-refractivity contribution in [1.82, 2.24) is 9.38 Å². The Morgan fingerprint density at radius 3 is 2.73 bits per heavy atom. The highest BCUT2D eigenvalue weighted by atomic mass is 15.0. The maximum atomic E-state index is 4.18. The molecule has 0 bridgehead atoms. The molecule has 0 aliphatic rings. The van der Waals surface area contributed by atoms with E-state index in [4.69, 9.17) is 0 Å². The molecule has 0 radical (unpaired) electrons. The molecule has 108 valence electrons. The maximum absolute atomic E-state index is 4.18. The summed E-state index contributed by atoms with van der Waals surface area (Å²) in [6.45, 7) is 2.03. The normalized spacial score (nSPS) is 12.7. The van der Waals surface area contributed by atoms with Crippen molar-refractivity contribution in [1.29, 1.82) is 0 Å². The number of rotatable bonds is 4. The van der Waals surface area contributed by atoms with Gasteiger partial charge in [0.25, 0.3) is 0 Å². The molecule has 1 aromatic carbocycles. The summed E-state index contributed by atoms with van der Waals surface area (Å²) in [5, 5.41) is 0. The van der Waals surface area contributed by atoms with E-state index in [1.54, 1.807) is 0 Å². The van der Waals surface area contributed by atoms with Crippen LogP contribution < -0.4 is 0 Å². The quantitative estimate of drug-likeness (QED) is 0.616. The molecular formula is C20H18N2. The third kappa shape index (κ3) is 3.07. The SMILES string of the molecule is C\C=C/C(=C\C=C\c1cccc2cncn12)c1ccccc1. The molecule has 3 aromatic rings. The van der Waals surface area contributed by atoms with Gasteiger partial charge in [0.1, 0.15) is 0 Å². The van der Waals surface area contributed by atoms with Crippen LogP contribution in [0.1, 0.15) is 18.2 Å². The Morgan fingerprint density at radius 2 is 1.91 bits per heavy atom. The average molecular weight is 286 g/mol. The predicted molar refractivity (Wildman–Crippen MR) is 93.5 cm³/mol. The Labute approximate surface area is 130 Å². The van der Waals surface area contributed by atoms with Gasteiger partial charge in [0.05, 0.1) is 18.0 Å². The van der Waals surface area contributed by atoms with Crippen LogP contribution in [0.3, 0.4) is 0 Å². The highest BCUT2D eigenvalue weighted by molar-refractivity contribution is 5.76. The number of benzene rings is 1. The standard InChI is InChI=1S/C20H18N2/c1-2-8-17(18-9-4-3-5-10-18)11-6-12-19-13-7-14-20-15-21-16-22(19)20/h2-16H,1H3/b8-2-,12-6+,17-11+. The van der Waals surface area contributed by atoms with Gasteiger partial charge in [0.15, 0.2) is 0 Å². The van der Waals surface area contributed by atoms with Crippen LogP contribution in [0, 0.1) is 0 Å². The highest BCUT2D eigenvalue weighted by Gasteiger charge is 1.97. The molecule has 2 nitrogen and oxygen atoms in total. The van der Waals surface area contributed by atoms with Gasteiger partial charge >= 0.3 is 0 Å². The summed E-state index contributed by atoms with van der Waals surface area (Å²) in [4.78, 5) is 4.18. The fourth-order valence-electron chi connectivity index (χ4n) is 2.41. The van der Waals surface area contributed by atoms with Gasteiger partial charge in [-0.1, -0.05) is 60.7 Å². The van der Waals surface area contributed by atoms with Gasteiger partial charge in [-0.2, -0.15) is 0 Å². The molecule has 0 fully saturated rings. The zero-order chi connectivity index (χ0) is 15.2. The monoisotopic (exact) mass is 286 g/mol. The van der Waals surface area contributed by atoms with Crippen molar-refractivity contribution in [3.05, 3.63) is 96.6 Å². The Kier molecular flexibility index (Phi) is 4.30. The molecule has 0 N–H and O–H groups in total. The van der Waals surface area contributed by atoms with Crippen LogP contribution in [-0.4, -0.2) is 9.38 Å². The molecule has 0 aliphatic heterocycles.